The maximum Gasteiger partial charge on any atom is 0.230 e. The van der Waals surface area contributed by atoms with Crippen molar-refractivity contribution < 1.29 is 14.0 Å². The summed E-state index contributed by atoms with van der Waals surface area (Å²) in [4.78, 5) is 27.0. The number of hydrogen-bond acceptors (Lipinski definition) is 3. The zero-order valence-electron chi connectivity index (χ0n) is 16.7. The van der Waals surface area contributed by atoms with Crippen molar-refractivity contribution in [3.05, 3.63) is 23.2 Å². The summed E-state index contributed by atoms with van der Waals surface area (Å²) in [7, 11) is -1.77. The molecular formula is C20H32BrNO3Si. The van der Waals surface area contributed by atoms with Gasteiger partial charge in [0.2, 0.25) is 5.91 Å². The standard InChI is InChI=1S/C20H32BrNO3Si/c1-15(21)14-22-16-9-7-10-20(16,17(23)13-18(22)24)11-8-12-25-26(5,6)19(2,3)4/h7,9,16H,1,8,10-14H2,2-6H3/t16-,20-/m0/s1. The van der Waals surface area contributed by atoms with Gasteiger partial charge in [0.1, 0.15) is 0 Å². The van der Waals surface area contributed by atoms with Gasteiger partial charge in [-0.25, -0.2) is 0 Å². The highest BCUT2D eigenvalue weighted by atomic mass is 79.9. The van der Waals surface area contributed by atoms with Crippen LogP contribution in [-0.2, 0) is 14.0 Å². The fourth-order valence-electron chi connectivity index (χ4n) is 3.66. The van der Waals surface area contributed by atoms with Crippen LogP contribution in [0, 0.1) is 5.41 Å². The molecule has 0 aromatic rings. The van der Waals surface area contributed by atoms with E-state index in [2.05, 4.69) is 62.5 Å². The zero-order chi connectivity index (χ0) is 19.8. The van der Waals surface area contributed by atoms with Crippen molar-refractivity contribution in [1.29, 1.82) is 0 Å². The normalized spacial score (nSPS) is 26.4. The number of ketones is 1. The number of amides is 1. The van der Waals surface area contributed by atoms with Crippen molar-refractivity contribution in [1.82, 2.24) is 4.90 Å². The van der Waals surface area contributed by atoms with Gasteiger partial charge in [0, 0.05) is 11.1 Å². The van der Waals surface area contributed by atoms with Crippen LogP contribution in [0.1, 0.15) is 46.5 Å². The Hall–Kier alpha value is -0.723. The summed E-state index contributed by atoms with van der Waals surface area (Å²) in [6.45, 7) is 16.2. The molecule has 0 aromatic heterocycles. The van der Waals surface area contributed by atoms with Crippen molar-refractivity contribution >= 4 is 35.9 Å². The van der Waals surface area contributed by atoms with E-state index in [0.717, 1.165) is 23.7 Å². The van der Waals surface area contributed by atoms with Gasteiger partial charge in [-0.2, -0.15) is 0 Å². The van der Waals surface area contributed by atoms with Crippen LogP contribution in [-0.4, -0.2) is 44.1 Å². The van der Waals surface area contributed by atoms with E-state index in [1.54, 1.807) is 4.90 Å². The number of halogens is 1. The third-order valence-corrected chi connectivity index (χ3v) is 11.1. The van der Waals surface area contributed by atoms with Crippen LogP contribution in [0.4, 0.5) is 0 Å². The van der Waals surface area contributed by atoms with Crippen LogP contribution in [0.3, 0.4) is 0 Å². The number of nitrogens with zero attached hydrogens (tertiary/aromatic N) is 1. The Kier molecular flexibility index (Phi) is 6.41. The molecule has 0 bridgehead atoms. The third-order valence-electron chi connectivity index (χ3n) is 6.27. The van der Waals surface area contributed by atoms with E-state index < -0.39 is 13.7 Å². The lowest BCUT2D eigenvalue weighted by Crippen LogP contribution is -2.57. The molecule has 1 amide bonds. The number of piperidine rings is 1. The zero-order valence-corrected chi connectivity index (χ0v) is 19.3. The number of fused-ring (bicyclic) bond motifs is 1. The average molecular weight is 442 g/mol. The molecule has 26 heavy (non-hydrogen) atoms. The second kappa shape index (κ2) is 7.72. The SMILES string of the molecule is C=C(Br)CN1C(=O)CC(=O)[C@]2(CCCO[Si](C)(C)C(C)(C)C)CC=C[C@H]12. The number of allylic oxidation sites excluding steroid dienone is 1. The molecule has 0 aromatic carbocycles. The fourth-order valence-corrected chi connectivity index (χ4v) is 5.01. The molecule has 0 N–H and O–H groups in total. The summed E-state index contributed by atoms with van der Waals surface area (Å²) in [6, 6.07) is -0.154. The number of carbonyl (C=O) groups excluding carboxylic acids is 2. The maximum absolute atomic E-state index is 12.8. The monoisotopic (exact) mass is 441 g/mol. The summed E-state index contributed by atoms with van der Waals surface area (Å²) in [6.07, 6.45) is 6.40. The topological polar surface area (TPSA) is 46.6 Å². The van der Waals surface area contributed by atoms with Gasteiger partial charge in [0.15, 0.2) is 14.1 Å². The lowest BCUT2D eigenvalue weighted by Gasteiger charge is -2.45. The molecule has 1 heterocycles. The Labute approximate surface area is 167 Å². The Morgan fingerprint density at radius 3 is 2.65 bits per heavy atom. The maximum atomic E-state index is 12.8. The van der Waals surface area contributed by atoms with E-state index in [-0.39, 0.29) is 29.2 Å². The smallest absolute Gasteiger partial charge is 0.230 e. The molecule has 1 fully saturated rings. The lowest BCUT2D eigenvalue weighted by atomic mass is 9.70. The second-order valence-electron chi connectivity index (χ2n) is 9.08. The molecule has 4 nitrogen and oxygen atoms in total. The largest absolute Gasteiger partial charge is 0.417 e. The van der Waals surface area contributed by atoms with Crippen molar-refractivity contribution in [2.45, 2.75) is 70.6 Å². The van der Waals surface area contributed by atoms with Crippen molar-refractivity contribution in [2.24, 2.45) is 5.41 Å². The first-order chi connectivity index (χ1) is 11.9. The van der Waals surface area contributed by atoms with E-state index in [1.807, 2.05) is 6.08 Å². The molecule has 0 saturated carbocycles. The minimum atomic E-state index is -1.77. The van der Waals surface area contributed by atoms with Crippen LogP contribution in [0.25, 0.3) is 0 Å². The molecular weight excluding hydrogens is 410 g/mol. The van der Waals surface area contributed by atoms with E-state index >= 15 is 0 Å². The predicted molar refractivity (Wildman–Crippen MR) is 112 cm³/mol. The van der Waals surface area contributed by atoms with E-state index in [1.165, 1.54) is 0 Å². The highest BCUT2D eigenvalue weighted by Gasteiger charge is 2.53. The Balaban J connectivity index is 2.05. The first kappa shape index (κ1) is 21.6. The first-order valence-electron chi connectivity index (χ1n) is 9.37. The van der Waals surface area contributed by atoms with Crippen molar-refractivity contribution in [2.75, 3.05) is 13.2 Å². The van der Waals surface area contributed by atoms with Crippen LogP contribution in [0.15, 0.2) is 23.2 Å². The molecule has 2 rings (SSSR count). The van der Waals surface area contributed by atoms with Crippen LogP contribution in [0.5, 0.6) is 0 Å². The van der Waals surface area contributed by atoms with Crippen LogP contribution in [0.2, 0.25) is 18.1 Å². The Bertz CT molecular complexity index is 623. The van der Waals surface area contributed by atoms with Crippen LogP contribution >= 0.6 is 15.9 Å². The number of Topliss-reactive ketones (excluding diaryl/α,β-unsaturated/α-hetero) is 1. The molecule has 1 aliphatic carbocycles. The highest BCUT2D eigenvalue weighted by molar-refractivity contribution is 9.11. The van der Waals surface area contributed by atoms with Gasteiger partial charge < -0.3 is 9.33 Å². The quantitative estimate of drug-likeness (QED) is 0.246. The van der Waals surface area contributed by atoms with Gasteiger partial charge in [0.05, 0.1) is 24.4 Å². The molecule has 146 valence electrons. The molecule has 1 aliphatic heterocycles. The van der Waals surface area contributed by atoms with Gasteiger partial charge in [-0.05, 0) is 37.4 Å². The molecule has 0 unspecified atom stereocenters. The number of hydrogen-bond donors (Lipinski definition) is 0. The molecule has 2 aliphatic rings. The number of rotatable bonds is 7. The van der Waals surface area contributed by atoms with E-state index in [4.69, 9.17) is 4.43 Å². The summed E-state index contributed by atoms with van der Waals surface area (Å²) in [5, 5.41) is 0.183. The van der Waals surface area contributed by atoms with E-state index in [0.29, 0.717) is 13.2 Å². The van der Waals surface area contributed by atoms with Gasteiger partial charge >= 0.3 is 0 Å². The minimum absolute atomic E-state index is 0.00154. The molecule has 2 atom stereocenters. The highest BCUT2D eigenvalue weighted by Crippen LogP contribution is 2.46. The summed E-state index contributed by atoms with van der Waals surface area (Å²) >= 11 is 3.36. The first-order valence-corrected chi connectivity index (χ1v) is 13.1. The van der Waals surface area contributed by atoms with Gasteiger partial charge in [0.25, 0.3) is 0 Å². The predicted octanol–water partition coefficient (Wildman–Crippen LogP) is 4.81. The summed E-state index contributed by atoms with van der Waals surface area (Å²) < 4.78 is 7.04. The van der Waals surface area contributed by atoms with Gasteiger partial charge in [-0.3, -0.25) is 9.59 Å². The third kappa shape index (κ3) is 4.23. The summed E-state index contributed by atoms with van der Waals surface area (Å²) in [5.41, 5.74) is -0.479. The van der Waals surface area contributed by atoms with E-state index in [9.17, 15) is 9.59 Å². The molecule has 0 radical (unpaired) electrons. The number of carbonyl (C=O) groups is 2. The van der Waals surface area contributed by atoms with Crippen molar-refractivity contribution in [3.8, 4) is 0 Å². The Morgan fingerprint density at radius 2 is 2.08 bits per heavy atom. The van der Waals surface area contributed by atoms with Gasteiger partial charge in [-0.1, -0.05) is 55.4 Å². The van der Waals surface area contributed by atoms with Crippen LogP contribution < -0.4 is 0 Å². The summed E-state index contributed by atoms with van der Waals surface area (Å²) in [5.74, 6) is -0.0124. The average Bonchev–Trinajstić information content (AvgIpc) is 2.92. The minimum Gasteiger partial charge on any atom is -0.417 e. The second-order valence-corrected chi connectivity index (χ2v) is 15.0. The molecule has 6 heteroatoms. The molecule has 1 saturated heterocycles. The van der Waals surface area contributed by atoms with Gasteiger partial charge in [-0.15, -0.1) is 0 Å². The molecule has 0 spiro atoms. The number of likely N-dealkylation sites (tertiary alicyclic amines) is 1. The Morgan fingerprint density at radius 1 is 1.42 bits per heavy atom. The lowest BCUT2D eigenvalue weighted by molar-refractivity contribution is -0.151. The fraction of sp³-hybridized carbons (Fsp3) is 0.700. The van der Waals surface area contributed by atoms with Crippen molar-refractivity contribution in [3.63, 3.8) is 0 Å².